The molecule has 1 N–H and O–H groups in total. The number of rotatable bonds is 9. The molecule has 2 aliphatic rings. The number of piperidine rings is 1. The number of ketones is 1. The predicted octanol–water partition coefficient (Wildman–Crippen LogP) is 4.15. The van der Waals surface area contributed by atoms with E-state index in [0.29, 0.717) is 37.6 Å². The van der Waals surface area contributed by atoms with Gasteiger partial charge in [0.15, 0.2) is 0 Å². The van der Waals surface area contributed by atoms with Gasteiger partial charge in [0.25, 0.3) is 0 Å². The number of carbonyl (C=O) groups is 2. The summed E-state index contributed by atoms with van der Waals surface area (Å²) < 4.78 is 0. The number of likely N-dealkylation sites (tertiary alicyclic amines) is 1. The lowest BCUT2D eigenvalue weighted by Gasteiger charge is -2.44. The normalized spacial score (nSPS) is 23.1. The van der Waals surface area contributed by atoms with Gasteiger partial charge in [-0.25, -0.2) is 0 Å². The zero-order valence-electron chi connectivity index (χ0n) is 17.0. The molecule has 0 aromatic heterocycles. The van der Waals surface area contributed by atoms with Crippen LogP contribution in [0.3, 0.4) is 0 Å². The van der Waals surface area contributed by atoms with Crippen molar-refractivity contribution in [2.45, 2.75) is 76.7 Å². The summed E-state index contributed by atoms with van der Waals surface area (Å²) in [6, 6.07) is 10.4. The second-order valence-corrected chi connectivity index (χ2v) is 8.68. The van der Waals surface area contributed by atoms with Gasteiger partial charge < -0.3 is 10.0 Å². The van der Waals surface area contributed by atoms with Gasteiger partial charge in [-0.2, -0.15) is 0 Å². The first-order valence-corrected chi connectivity index (χ1v) is 11.1. The number of nitrogens with zero attached hydrogens (tertiary/aromatic N) is 1. The van der Waals surface area contributed by atoms with Gasteiger partial charge in [0, 0.05) is 38.5 Å². The smallest absolute Gasteiger partial charge is 0.222 e. The number of aliphatic hydroxyl groups excluding tert-OH is 1. The summed E-state index contributed by atoms with van der Waals surface area (Å²) in [5, 5.41) is 9.62. The fourth-order valence-corrected chi connectivity index (χ4v) is 5.09. The number of fused-ring (bicyclic) bond motifs is 1. The van der Waals surface area contributed by atoms with Crippen molar-refractivity contribution in [3.05, 3.63) is 35.9 Å². The predicted molar refractivity (Wildman–Crippen MR) is 111 cm³/mol. The van der Waals surface area contributed by atoms with Crippen molar-refractivity contribution in [3.8, 4) is 0 Å². The quantitative estimate of drug-likeness (QED) is 0.695. The zero-order chi connectivity index (χ0) is 19.8. The molecule has 4 nitrogen and oxygen atoms in total. The molecule has 3 atom stereocenters. The Kier molecular flexibility index (Phi) is 8.08. The Balaban J connectivity index is 1.40. The van der Waals surface area contributed by atoms with E-state index in [4.69, 9.17) is 0 Å². The zero-order valence-corrected chi connectivity index (χ0v) is 17.0. The van der Waals surface area contributed by atoms with E-state index in [-0.39, 0.29) is 24.2 Å². The molecule has 3 rings (SSSR count). The van der Waals surface area contributed by atoms with Gasteiger partial charge in [-0.05, 0) is 55.9 Å². The van der Waals surface area contributed by atoms with E-state index < -0.39 is 0 Å². The van der Waals surface area contributed by atoms with Crippen LogP contribution in [0, 0.1) is 11.8 Å². The highest BCUT2D eigenvalue weighted by Crippen LogP contribution is 2.35. The molecule has 2 unspecified atom stereocenters. The van der Waals surface area contributed by atoms with Crippen LogP contribution in [-0.4, -0.2) is 40.9 Å². The Morgan fingerprint density at radius 3 is 2.57 bits per heavy atom. The molecule has 1 saturated heterocycles. The number of hydrogen-bond donors (Lipinski definition) is 1. The van der Waals surface area contributed by atoms with E-state index >= 15 is 0 Å². The maximum absolute atomic E-state index is 12.7. The molecular formula is C24H35NO3. The third-order valence-corrected chi connectivity index (χ3v) is 6.55. The van der Waals surface area contributed by atoms with Gasteiger partial charge in [0.2, 0.25) is 5.91 Å². The van der Waals surface area contributed by atoms with Crippen LogP contribution >= 0.6 is 0 Å². The van der Waals surface area contributed by atoms with Crippen LogP contribution in [0.15, 0.2) is 30.3 Å². The summed E-state index contributed by atoms with van der Waals surface area (Å²) in [7, 11) is 0. The van der Waals surface area contributed by atoms with Gasteiger partial charge in [-0.3, -0.25) is 9.59 Å². The fourth-order valence-electron chi connectivity index (χ4n) is 5.09. The number of amides is 1. The van der Waals surface area contributed by atoms with Crippen molar-refractivity contribution >= 4 is 11.7 Å². The van der Waals surface area contributed by atoms with Crippen molar-refractivity contribution in [1.29, 1.82) is 0 Å². The second-order valence-electron chi connectivity index (χ2n) is 8.68. The molecule has 0 radical (unpaired) electrons. The second kappa shape index (κ2) is 10.8. The summed E-state index contributed by atoms with van der Waals surface area (Å²) in [4.78, 5) is 27.2. The first-order chi connectivity index (χ1) is 13.7. The van der Waals surface area contributed by atoms with E-state index in [1.807, 2.05) is 30.3 Å². The lowest BCUT2D eigenvalue weighted by molar-refractivity contribution is -0.137. The highest BCUT2D eigenvalue weighted by Gasteiger charge is 2.35. The van der Waals surface area contributed by atoms with E-state index in [2.05, 4.69) is 4.90 Å². The third-order valence-electron chi connectivity index (χ3n) is 6.55. The third kappa shape index (κ3) is 5.91. The van der Waals surface area contributed by atoms with E-state index in [0.717, 1.165) is 31.4 Å². The van der Waals surface area contributed by atoms with Crippen LogP contribution in [0.5, 0.6) is 0 Å². The Labute approximate surface area is 169 Å². The molecule has 154 valence electrons. The minimum absolute atomic E-state index is 0.0242. The highest BCUT2D eigenvalue weighted by molar-refractivity contribution is 5.80. The monoisotopic (exact) mass is 385 g/mol. The number of benzene rings is 1. The molecule has 1 amide bonds. The summed E-state index contributed by atoms with van der Waals surface area (Å²) in [5.74, 6) is 1.08. The summed E-state index contributed by atoms with van der Waals surface area (Å²) in [6.45, 7) is 0.925. The Morgan fingerprint density at radius 2 is 1.79 bits per heavy atom. The van der Waals surface area contributed by atoms with Crippen molar-refractivity contribution in [3.63, 3.8) is 0 Å². The minimum atomic E-state index is -0.0318. The topological polar surface area (TPSA) is 57.6 Å². The highest BCUT2D eigenvalue weighted by atomic mass is 16.3. The van der Waals surface area contributed by atoms with Crippen LogP contribution < -0.4 is 0 Å². The molecule has 2 fully saturated rings. The average molecular weight is 386 g/mol. The summed E-state index contributed by atoms with van der Waals surface area (Å²) in [6.07, 6.45) is 10.1. The Bertz CT molecular complexity index is 628. The first-order valence-electron chi connectivity index (χ1n) is 11.1. The maximum atomic E-state index is 12.7. The van der Waals surface area contributed by atoms with Crippen molar-refractivity contribution in [1.82, 2.24) is 4.90 Å². The minimum Gasteiger partial charge on any atom is -0.396 e. The van der Waals surface area contributed by atoms with Crippen LogP contribution in [-0.2, 0) is 16.0 Å². The number of aliphatic hydroxyl groups is 1. The first kappa shape index (κ1) is 21.0. The molecule has 1 aromatic carbocycles. The average Bonchev–Trinajstić information content (AvgIpc) is 2.73. The maximum Gasteiger partial charge on any atom is 0.222 e. The molecule has 0 spiro atoms. The molecule has 1 aliphatic carbocycles. The van der Waals surface area contributed by atoms with Gasteiger partial charge in [-0.15, -0.1) is 0 Å². The van der Waals surface area contributed by atoms with Crippen LogP contribution in [0.25, 0.3) is 0 Å². The standard InChI is InChI=1S/C24H35NO3/c26-18-20(16-19-8-2-1-3-9-19)17-22(27)12-6-14-24(28)25-15-7-11-21-10-4-5-13-23(21)25/h1-3,8-9,20-21,23,26H,4-7,10-18H2/t20-,21?,23?/m1/s1. The Hall–Kier alpha value is -1.68. The van der Waals surface area contributed by atoms with E-state index in [1.165, 1.54) is 25.7 Å². The Morgan fingerprint density at radius 1 is 1.04 bits per heavy atom. The SMILES string of the molecule is O=C(CCCC(=O)N1CCCC2CCCCC21)C[C@H](CO)Cc1ccccc1. The number of Topliss-reactive ketones (excluding diaryl/α,β-unsaturated/α-hetero) is 1. The number of carbonyl (C=O) groups excluding carboxylic acids is 2. The lowest BCUT2D eigenvalue weighted by atomic mass is 9.78. The van der Waals surface area contributed by atoms with Gasteiger partial charge >= 0.3 is 0 Å². The summed E-state index contributed by atoms with van der Waals surface area (Å²) >= 11 is 0. The van der Waals surface area contributed by atoms with Gasteiger partial charge in [0.1, 0.15) is 5.78 Å². The lowest BCUT2D eigenvalue weighted by Crippen LogP contribution is -2.49. The molecular weight excluding hydrogens is 350 g/mol. The number of hydrogen-bond acceptors (Lipinski definition) is 3. The molecule has 0 bridgehead atoms. The van der Waals surface area contributed by atoms with E-state index in [1.54, 1.807) is 0 Å². The molecule has 1 saturated carbocycles. The summed E-state index contributed by atoms with van der Waals surface area (Å²) in [5.41, 5.74) is 1.15. The van der Waals surface area contributed by atoms with Crippen LogP contribution in [0.1, 0.15) is 69.8 Å². The van der Waals surface area contributed by atoms with Gasteiger partial charge in [0.05, 0.1) is 0 Å². The molecule has 4 heteroatoms. The van der Waals surface area contributed by atoms with Gasteiger partial charge in [-0.1, -0.05) is 43.2 Å². The van der Waals surface area contributed by atoms with Crippen molar-refractivity contribution < 1.29 is 14.7 Å². The van der Waals surface area contributed by atoms with E-state index in [9.17, 15) is 14.7 Å². The fraction of sp³-hybridized carbons (Fsp3) is 0.667. The molecule has 1 aliphatic heterocycles. The van der Waals surface area contributed by atoms with Crippen LogP contribution in [0.2, 0.25) is 0 Å². The molecule has 1 heterocycles. The molecule has 1 aromatic rings. The van der Waals surface area contributed by atoms with Crippen molar-refractivity contribution in [2.24, 2.45) is 11.8 Å². The molecule has 28 heavy (non-hydrogen) atoms. The van der Waals surface area contributed by atoms with Crippen molar-refractivity contribution in [2.75, 3.05) is 13.2 Å². The largest absolute Gasteiger partial charge is 0.396 e. The van der Waals surface area contributed by atoms with Crippen LogP contribution in [0.4, 0.5) is 0 Å².